The molecule has 1 aliphatic carbocycles. The second-order valence-corrected chi connectivity index (χ2v) is 5.42. The number of hydrogen-bond donors (Lipinski definition) is 1. The van der Waals surface area contributed by atoms with Gasteiger partial charge < -0.3 is 9.94 Å². The third kappa shape index (κ3) is 1.64. The molecule has 4 nitrogen and oxygen atoms in total. The van der Waals surface area contributed by atoms with Crippen molar-refractivity contribution < 1.29 is 14.7 Å². The minimum absolute atomic E-state index is 0.0313. The van der Waals surface area contributed by atoms with Crippen molar-refractivity contribution in [3.8, 4) is 0 Å². The van der Waals surface area contributed by atoms with Gasteiger partial charge >= 0.3 is 0 Å². The molecule has 0 bridgehead atoms. The summed E-state index contributed by atoms with van der Waals surface area (Å²) in [7, 11) is 0. The van der Waals surface area contributed by atoms with Gasteiger partial charge in [0.1, 0.15) is 23.0 Å². The summed E-state index contributed by atoms with van der Waals surface area (Å²) in [5.74, 6) is -0.502. The number of nitrogens with zero attached hydrogens (tertiary/aromatic N) is 1. The van der Waals surface area contributed by atoms with E-state index in [1.807, 2.05) is 0 Å². The molecule has 0 spiro atoms. The molecule has 18 heavy (non-hydrogen) atoms. The van der Waals surface area contributed by atoms with Crippen molar-refractivity contribution in [2.24, 2.45) is 11.1 Å². The van der Waals surface area contributed by atoms with Crippen LogP contribution >= 0.6 is 11.6 Å². The Morgan fingerprint density at radius 1 is 1.44 bits per heavy atom. The van der Waals surface area contributed by atoms with Crippen molar-refractivity contribution in [1.82, 2.24) is 0 Å². The molecule has 1 saturated carbocycles. The third-order valence-corrected chi connectivity index (χ3v) is 3.75. The normalized spacial score (nSPS) is 34.2. The first-order chi connectivity index (χ1) is 8.49. The molecule has 3 atom stereocenters. The lowest BCUT2D eigenvalue weighted by molar-refractivity contribution is -0.119. The van der Waals surface area contributed by atoms with Crippen molar-refractivity contribution in [3.63, 3.8) is 0 Å². The Morgan fingerprint density at radius 3 is 2.78 bits per heavy atom. The average molecular weight is 266 g/mol. The van der Waals surface area contributed by atoms with Crippen LogP contribution in [-0.4, -0.2) is 28.3 Å². The topological polar surface area (TPSA) is 58.9 Å². The highest BCUT2D eigenvalue weighted by Gasteiger charge is 2.56. The second-order valence-electron chi connectivity index (χ2n) is 4.99. The number of ketones is 1. The predicted molar refractivity (Wildman–Crippen MR) is 66.6 cm³/mol. The minimum atomic E-state index is -1.14. The number of fused-ring (bicyclic) bond motifs is 1. The molecule has 0 saturated heterocycles. The molecule has 2 aliphatic rings. The zero-order valence-electron chi connectivity index (χ0n) is 9.76. The van der Waals surface area contributed by atoms with Gasteiger partial charge in [0.05, 0.1) is 0 Å². The third-order valence-electron chi connectivity index (χ3n) is 3.49. The number of Topliss-reactive ketones (excluding diaryl/α,β-unsaturated/α-hetero) is 1. The summed E-state index contributed by atoms with van der Waals surface area (Å²) < 4.78 is 0. The maximum absolute atomic E-state index is 12.0. The molecule has 0 aromatic heterocycles. The number of halogens is 1. The Hall–Kier alpha value is -1.39. The highest BCUT2D eigenvalue weighted by Crippen LogP contribution is 2.40. The van der Waals surface area contributed by atoms with Gasteiger partial charge in [-0.2, -0.15) is 0 Å². The monoisotopic (exact) mass is 265 g/mol. The fourth-order valence-electron chi connectivity index (χ4n) is 2.58. The van der Waals surface area contributed by atoms with Gasteiger partial charge in [0.2, 0.25) is 0 Å². The number of benzene rings is 1. The highest BCUT2D eigenvalue weighted by molar-refractivity contribution is 6.30. The molecule has 1 aromatic carbocycles. The standard InChI is InChI=1S/C13H12ClNO3/c1-13(17)6-9(16)10-11(15-18-12(10)13)7-2-4-8(14)5-3-7/h2-5,10,12,17H,6H2,1H3/t10-,12+,13-/m1/s1. The lowest BCUT2D eigenvalue weighted by atomic mass is 9.91. The van der Waals surface area contributed by atoms with E-state index < -0.39 is 17.6 Å². The summed E-state index contributed by atoms with van der Waals surface area (Å²) in [6.07, 6.45) is -0.467. The van der Waals surface area contributed by atoms with Crippen molar-refractivity contribution in [2.45, 2.75) is 25.0 Å². The molecule has 1 heterocycles. The van der Waals surface area contributed by atoms with Crippen molar-refractivity contribution in [2.75, 3.05) is 0 Å². The van der Waals surface area contributed by atoms with E-state index in [1.165, 1.54) is 0 Å². The Balaban J connectivity index is 1.97. The first kappa shape index (κ1) is 11.7. The molecule has 3 rings (SSSR count). The van der Waals surface area contributed by atoms with Crippen LogP contribution in [0.25, 0.3) is 0 Å². The molecule has 0 unspecified atom stereocenters. The lowest BCUT2D eigenvalue weighted by Crippen LogP contribution is -2.37. The van der Waals surface area contributed by atoms with E-state index in [9.17, 15) is 9.90 Å². The van der Waals surface area contributed by atoms with E-state index in [0.29, 0.717) is 10.7 Å². The molecular formula is C13H12ClNO3. The van der Waals surface area contributed by atoms with E-state index in [1.54, 1.807) is 31.2 Å². The van der Waals surface area contributed by atoms with Crippen LogP contribution in [0.3, 0.4) is 0 Å². The van der Waals surface area contributed by atoms with E-state index in [2.05, 4.69) is 5.16 Å². The number of oxime groups is 1. The second kappa shape index (κ2) is 3.80. The zero-order chi connectivity index (χ0) is 12.9. The molecule has 1 aromatic rings. The van der Waals surface area contributed by atoms with E-state index >= 15 is 0 Å². The molecular weight excluding hydrogens is 254 g/mol. The van der Waals surface area contributed by atoms with Crippen LogP contribution in [0.15, 0.2) is 29.4 Å². The van der Waals surface area contributed by atoms with E-state index in [0.717, 1.165) is 5.56 Å². The van der Waals surface area contributed by atoms with Gasteiger partial charge in [-0.1, -0.05) is 28.9 Å². The van der Waals surface area contributed by atoms with Gasteiger partial charge in [-0.15, -0.1) is 0 Å². The average Bonchev–Trinajstić information content (AvgIpc) is 2.82. The van der Waals surface area contributed by atoms with Crippen LogP contribution in [0.2, 0.25) is 5.02 Å². The lowest BCUT2D eigenvalue weighted by Gasteiger charge is -2.20. The molecule has 5 heteroatoms. The van der Waals surface area contributed by atoms with Gasteiger partial charge in [-0.3, -0.25) is 4.79 Å². The molecule has 1 N–H and O–H groups in total. The summed E-state index contributed by atoms with van der Waals surface area (Å²) in [5, 5.41) is 14.7. The van der Waals surface area contributed by atoms with Gasteiger partial charge in [-0.05, 0) is 19.1 Å². The van der Waals surface area contributed by atoms with Crippen molar-refractivity contribution >= 4 is 23.1 Å². The van der Waals surface area contributed by atoms with Crippen LogP contribution in [0.4, 0.5) is 0 Å². The number of carbonyl (C=O) groups is 1. The summed E-state index contributed by atoms with van der Waals surface area (Å²) >= 11 is 5.83. The van der Waals surface area contributed by atoms with Crippen LogP contribution < -0.4 is 0 Å². The Morgan fingerprint density at radius 2 is 2.11 bits per heavy atom. The van der Waals surface area contributed by atoms with Crippen molar-refractivity contribution in [3.05, 3.63) is 34.9 Å². The van der Waals surface area contributed by atoms with Gasteiger partial charge in [-0.25, -0.2) is 0 Å². The minimum Gasteiger partial charge on any atom is -0.388 e. The van der Waals surface area contributed by atoms with Crippen LogP contribution in [-0.2, 0) is 9.63 Å². The maximum atomic E-state index is 12.0. The zero-order valence-corrected chi connectivity index (χ0v) is 10.5. The van der Waals surface area contributed by atoms with E-state index in [4.69, 9.17) is 16.4 Å². The van der Waals surface area contributed by atoms with Crippen LogP contribution in [0.5, 0.6) is 0 Å². The summed E-state index contributed by atoms with van der Waals surface area (Å²) in [5.41, 5.74) is 0.247. The number of carbonyl (C=O) groups excluding carboxylic acids is 1. The Bertz CT molecular complexity index is 536. The summed E-state index contributed by atoms with van der Waals surface area (Å²) in [6, 6.07) is 7.08. The summed E-state index contributed by atoms with van der Waals surface area (Å²) in [6.45, 7) is 1.61. The Labute approximate surface area is 109 Å². The van der Waals surface area contributed by atoms with Gasteiger partial charge in [0.25, 0.3) is 0 Å². The largest absolute Gasteiger partial charge is 0.388 e. The fourth-order valence-corrected chi connectivity index (χ4v) is 2.71. The van der Waals surface area contributed by atoms with Gasteiger partial charge in [0, 0.05) is 17.0 Å². The SMILES string of the molecule is C[C@@]1(O)CC(=O)[C@@H]2C(c3ccc(Cl)cc3)=NO[C@@H]21. The van der Waals surface area contributed by atoms with Crippen LogP contribution in [0, 0.1) is 5.92 Å². The van der Waals surface area contributed by atoms with Crippen molar-refractivity contribution in [1.29, 1.82) is 0 Å². The quantitative estimate of drug-likeness (QED) is 0.842. The smallest absolute Gasteiger partial charge is 0.171 e. The summed E-state index contributed by atoms with van der Waals surface area (Å²) in [4.78, 5) is 17.2. The van der Waals surface area contributed by atoms with Gasteiger partial charge in [0.15, 0.2) is 6.10 Å². The number of rotatable bonds is 1. The molecule has 1 aliphatic heterocycles. The molecule has 0 radical (unpaired) electrons. The number of aliphatic hydroxyl groups is 1. The first-order valence-electron chi connectivity index (χ1n) is 5.74. The van der Waals surface area contributed by atoms with Crippen LogP contribution in [0.1, 0.15) is 18.9 Å². The molecule has 0 amide bonds. The first-order valence-corrected chi connectivity index (χ1v) is 6.11. The number of hydrogen-bond acceptors (Lipinski definition) is 4. The fraction of sp³-hybridized carbons (Fsp3) is 0.385. The maximum Gasteiger partial charge on any atom is 0.171 e. The van der Waals surface area contributed by atoms with E-state index in [-0.39, 0.29) is 12.2 Å². The Kier molecular flexibility index (Phi) is 2.47. The molecule has 1 fully saturated rings. The molecule has 94 valence electrons. The predicted octanol–water partition coefficient (Wildman–Crippen LogP) is 1.78. The highest BCUT2D eigenvalue weighted by atomic mass is 35.5.